The lowest BCUT2D eigenvalue weighted by Crippen LogP contribution is -2.01. The first kappa shape index (κ1) is 13.6. The van der Waals surface area contributed by atoms with E-state index in [2.05, 4.69) is 4.98 Å². The van der Waals surface area contributed by atoms with E-state index in [4.69, 9.17) is 9.47 Å². The van der Waals surface area contributed by atoms with Crippen LogP contribution in [0.15, 0.2) is 42.5 Å². The second kappa shape index (κ2) is 5.54. The van der Waals surface area contributed by atoms with E-state index in [0.29, 0.717) is 11.3 Å². The van der Waals surface area contributed by atoms with E-state index in [0.717, 1.165) is 21.0 Å². The molecule has 1 heterocycles. The fourth-order valence-electron chi connectivity index (χ4n) is 2.02. The molecule has 0 amide bonds. The van der Waals surface area contributed by atoms with Crippen molar-refractivity contribution < 1.29 is 14.3 Å². The molecule has 1 aromatic heterocycles. The van der Waals surface area contributed by atoms with E-state index in [1.165, 1.54) is 6.92 Å². The minimum atomic E-state index is -0.346. The van der Waals surface area contributed by atoms with Crippen LogP contribution in [0.4, 0.5) is 0 Å². The number of hydrogen-bond donors (Lipinski definition) is 0. The number of carbonyl (C=O) groups is 1. The Kier molecular flexibility index (Phi) is 3.58. The molecule has 0 spiro atoms. The fourth-order valence-corrected chi connectivity index (χ4v) is 3.01. The Morgan fingerprint density at radius 2 is 1.90 bits per heavy atom. The number of rotatable bonds is 3. The molecule has 0 aliphatic rings. The molecule has 0 unspecified atom stereocenters. The summed E-state index contributed by atoms with van der Waals surface area (Å²) in [5, 5.41) is 0.882. The van der Waals surface area contributed by atoms with Gasteiger partial charge in [-0.2, -0.15) is 0 Å². The number of methoxy groups -OCH3 is 1. The maximum Gasteiger partial charge on any atom is 0.308 e. The van der Waals surface area contributed by atoms with Gasteiger partial charge in [-0.15, -0.1) is 11.3 Å². The molecule has 0 N–H and O–H groups in total. The SMILES string of the molecule is COc1ccc(-c2nc3c(OC(C)=O)cccc3s2)cc1. The van der Waals surface area contributed by atoms with Crippen LogP contribution in [0.2, 0.25) is 0 Å². The lowest BCUT2D eigenvalue weighted by Gasteiger charge is -2.01. The Balaban J connectivity index is 2.05. The summed E-state index contributed by atoms with van der Waals surface area (Å²) < 4.78 is 11.3. The van der Waals surface area contributed by atoms with Crippen LogP contribution < -0.4 is 9.47 Å². The van der Waals surface area contributed by atoms with Gasteiger partial charge in [-0.3, -0.25) is 4.79 Å². The Morgan fingerprint density at radius 3 is 2.57 bits per heavy atom. The van der Waals surface area contributed by atoms with E-state index >= 15 is 0 Å². The van der Waals surface area contributed by atoms with Crippen LogP contribution in [0.1, 0.15) is 6.92 Å². The van der Waals surface area contributed by atoms with Crippen LogP contribution in [-0.2, 0) is 4.79 Å². The average molecular weight is 299 g/mol. The van der Waals surface area contributed by atoms with Crippen molar-refractivity contribution in [2.24, 2.45) is 0 Å². The molecule has 0 saturated heterocycles. The molecular formula is C16H13NO3S. The summed E-state index contributed by atoms with van der Waals surface area (Å²) in [6, 6.07) is 13.3. The first-order valence-electron chi connectivity index (χ1n) is 6.40. The molecule has 0 atom stereocenters. The maximum atomic E-state index is 11.1. The topological polar surface area (TPSA) is 48.4 Å². The number of thiazole rings is 1. The molecule has 4 nitrogen and oxygen atoms in total. The van der Waals surface area contributed by atoms with Crippen LogP contribution in [0, 0.1) is 0 Å². The van der Waals surface area contributed by atoms with Gasteiger partial charge in [0.15, 0.2) is 5.75 Å². The molecule has 0 aliphatic carbocycles. The number of benzene rings is 2. The minimum Gasteiger partial charge on any atom is -0.497 e. The molecule has 0 fully saturated rings. The molecule has 0 saturated carbocycles. The van der Waals surface area contributed by atoms with Crippen molar-refractivity contribution in [3.8, 4) is 22.1 Å². The van der Waals surface area contributed by atoms with Crippen LogP contribution in [0.5, 0.6) is 11.5 Å². The van der Waals surface area contributed by atoms with Gasteiger partial charge < -0.3 is 9.47 Å². The third-order valence-corrected chi connectivity index (χ3v) is 4.04. The van der Waals surface area contributed by atoms with Gasteiger partial charge in [-0.1, -0.05) is 6.07 Å². The summed E-state index contributed by atoms with van der Waals surface area (Å²) in [7, 11) is 1.64. The normalized spacial score (nSPS) is 10.6. The number of nitrogens with zero attached hydrogens (tertiary/aromatic N) is 1. The van der Waals surface area contributed by atoms with Gasteiger partial charge in [0.1, 0.15) is 16.3 Å². The molecule has 3 rings (SSSR count). The third-order valence-electron chi connectivity index (χ3n) is 2.97. The summed E-state index contributed by atoms with van der Waals surface area (Å²) in [6.45, 7) is 1.38. The molecule has 0 bridgehead atoms. The lowest BCUT2D eigenvalue weighted by atomic mass is 10.2. The van der Waals surface area contributed by atoms with Crippen LogP contribution >= 0.6 is 11.3 Å². The number of carbonyl (C=O) groups excluding carboxylic acids is 1. The first-order chi connectivity index (χ1) is 10.2. The second-order valence-corrected chi connectivity index (χ2v) is 5.47. The molecule has 5 heteroatoms. The van der Waals surface area contributed by atoms with E-state index in [-0.39, 0.29) is 5.97 Å². The summed E-state index contributed by atoms with van der Waals surface area (Å²) in [5.41, 5.74) is 1.72. The Hall–Kier alpha value is -2.40. The predicted octanol–water partition coefficient (Wildman–Crippen LogP) is 3.90. The number of ether oxygens (including phenoxy) is 2. The van der Waals surface area contributed by atoms with Gasteiger partial charge in [0, 0.05) is 12.5 Å². The van der Waals surface area contributed by atoms with Crippen molar-refractivity contribution in [3.05, 3.63) is 42.5 Å². The number of fused-ring (bicyclic) bond motifs is 1. The standard InChI is InChI=1S/C16H13NO3S/c1-10(18)20-13-4-3-5-14-15(13)17-16(21-14)11-6-8-12(19-2)9-7-11/h3-9H,1-2H3. The number of aromatic nitrogens is 1. The minimum absolute atomic E-state index is 0.346. The quantitative estimate of drug-likeness (QED) is 0.543. The van der Waals surface area contributed by atoms with Crippen molar-refractivity contribution in [3.63, 3.8) is 0 Å². The van der Waals surface area contributed by atoms with E-state index in [9.17, 15) is 4.79 Å². The lowest BCUT2D eigenvalue weighted by molar-refractivity contribution is -0.131. The highest BCUT2D eigenvalue weighted by molar-refractivity contribution is 7.21. The molecule has 2 aromatic carbocycles. The molecule has 0 aliphatic heterocycles. The van der Waals surface area contributed by atoms with Crippen molar-refractivity contribution in [2.75, 3.05) is 7.11 Å². The van der Waals surface area contributed by atoms with Crippen LogP contribution in [0.25, 0.3) is 20.8 Å². The molecule has 21 heavy (non-hydrogen) atoms. The Morgan fingerprint density at radius 1 is 1.14 bits per heavy atom. The zero-order chi connectivity index (χ0) is 14.8. The van der Waals surface area contributed by atoms with Gasteiger partial charge >= 0.3 is 5.97 Å². The molecular weight excluding hydrogens is 286 g/mol. The van der Waals surface area contributed by atoms with Gasteiger partial charge in [0.25, 0.3) is 0 Å². The average Bonchev–Trinajstić information content (AvgIpc) is 2.92. The number of hydrogen-bond acceptors (Lipinski definition) is 5. The van der Waals surface area contributed by atoms with Gasteiger partial charge in [0.2, 0.25) is 0 Å². The number of esters is 1. The van der Waals surface area contributed by atoms with Gasteiger partial charge in [-0.25, -0.2) is 4.98 Å². The largest absolute Gasteiger partial charge is 0.497 e. The zero-order valence-electron chi connectivity index (χ0n) is 11.6. The van der Waals surface area contributed by atoms with Crippen molar-refractivity contribution in [1.29, 1.82) is 0 Å². The number of para-hydroxylation sites is 1. The highest BCUT2D eigenvalue weighted by Gasteiger charge is 2.11. The summed E-state index contributed by atoms with van der Waals surface area (Å²) in [5.74, 6) is 0.956. The van der Waals surface area contributed by atoms with E-state index in [1.807, 2.05) is 36.4 Å². The Bertz CT molecular complexity index is 793. The summed E-state index contributed by atoms with van der Waals surface area (Å²) in [6.07, 6.45) is 0. The van der Waals surface area contributed by atoms with Crippen LogP contribution in [-0.4, -0.2) is 18.1 Å². The Labute approximate surface area is 126 Å². The predicted molar refractivity (Wildman–Crippen MR) is 82.9 cm³/mol. The summed E-state index contributed by atoms with van der Waals surface area (Å²) >= 11 is 1.56. The van der Waals surface area contributed by atoms with E-state index < -0.39 is 0 Å². The van der Waals surface area contributed by atoms with Crippen LogP contribution in [0.3, 0.4) is 0 Å². The van der Waals surface area contributed by atoms with Crippen molar-refractivity contribution >= 4 is 27.5 Å². The van der Waals surface area contributed by atoms with Gasteiger partial charge in [-0.05, 0) is 36.4 Å². The highest BCUT2D eigenvalue weighted by Crippen LogP contribution is 2.35. The second-order valence-electron chi connectivity index (χ2n) is 4.44. The van der Waals surface area contributed by atoms with Gasteiger partial charge in [0.05, 0.1) is 11.8 Å². The third kappa shape index (κ3) is 2.73. The first-order valence-corrected chi connectivity index (χ1v) is 7.21. The molecule has 3 aromatic rings. The molecule has 106 valence electrons. The molecule has 0 radical (unpaired) electrons. The fraction of sp³-hybridized carbons (Fsp3) is 0.125. The van der Waals surface area contributed by atoms with Crippen molar-refractivity contribution in [2.45, 2.75) is 6.92 Å². The highest BCUT2D eigenvalue weighted by atomic mass is 32.1. The maximum absolute atomic E-state index is 11.1. The van der Waals surface area contributed by atoms with Crippen molar-refractivity contribution in [1.82, 2.24) is 4.98 Å². The summed E-state index contributed by atoms with van der Waals surface area (Å²) in [4.78, 5) is 15.7. The van der Waals surface area contributed by atoms with E-state index in [1.54, 1.807) is 24.5 Å². The zero-order valence-corrected chi connectivity index (χ0v) is 12.4. The smallest absolute Gasteiger partial charge is 0.308 e. The monoisotopic (exact) mass is 299 g/mol.